The molecule has 0 unspecified atom stereocenters. The number of hydrogen-bond acceptors (Lipinski definition) is 4. The van der Waals surface area contributed by atoms with Crippen LogP contribution in [0.15, 0.2) is 0 Å². The van der Waals surface area contributed by atoms with Crippen molar-refractivity contribution in [3.63, 3.8) is 0 Å². The second kappa shape index (κ2) is 8.11. The summed E-state index contributed by atoms with van der Waals surface area (Å²) in [6.07, 6.45) is 9.11. The molecule has 18 heavy (non-hydrogen) atoms. The van der Waals surface area contributed by atoms with Crippen molar-refractivity contribution in [1.82, 2.24) is 0 Å². The van der Waals surface area contributed by atoms with E-state index in [4.69, 9.17) is 0 Å². The van der Waals surface area contributed by atoms with Gasteiger partial charge in [-0.3, -0.25) is 9.59 Å². The predicted octanol–water partition coefficient (Wildman–Crippen LogP) is 2.70. The molecule has 0 aromatic rings. The smallest absolute Gasteiger partial charge is 0.320 e. The molecule has 1 aliphatic carbocycles. The summed E-state index contributed by atoms with van der Waals surface area (Å²) >= 11 is 0. The first-order valence-electron chi connectivity index (χ1n) is 6.84. The highest BCUT2D eigenvalue weighted by molar-refractivity contribution is 5.94. The maximum atomic E-state index is 11.5. The Morgan fingerprint density at radius 3 is 2.11 bits per heavy atom. The first-order chi connectivity index (χ1) is 8.69. The normalized spacial score (nSPS) is 16.6. The Bertz CT molecular complexity index is 253. The number of ether oxygens (including phenoxy) is 2. The van der Waals surface area contributed by atoms with Crippen LogP contribution in [0.5, 0.6) is 0 Å². The van der Waals surface area contributed by atoms with Crippen molar-refractivity contribution in [2.24, 2.45) is 11.8 Å². The minimum absolute atomic E-state index is 0.481. The van der Waals surface area contributed by atoms with Gasteiger partial charge in [-0.2, -0.15) is 0 Å². The molecule has 1 aliphatic rings. The Morgan fingerprint density at radius 2 is 1.61 bits per heavy atom. The summed E-state index contributed by atoms with van der Waals surface area (Å²) in [5, 5.41) is 0. The zero-order valence-electron chi connectivity index (χ0n) is 11.4. The van der Waals surface area contributed by atoms with Crippen LogP contribution in [0.2, 0.25) is 0 Å². The third-order valence-corrected chi connectivity index (χ3v) is 3.80. The number of carbonyl (C=O) groups excluding carboxylic acids is 2. The first kappa shape index (κ1) is 15.0. The summed E-state index contributed by atoms with van der Waals surface area (Å²) in [5.74, 6) is -0.936. The highest BCUT2D eigenvalue weighted by Gasteiger charge is 2.28. The topological polar surface area (TPSA) is 52.6 Å². The molecule has 0 N–H and O–H groups in total. The fraction of sp³-hybridized carbons (Fsp3) is 0.857. The van der Waals surface area contributed by atoms with E-state index < -0.39 is 17.9 Å². The first-order valence-corrected chi connectivity index (χ1v) is 6.84. The van der Waals surface area contributed by atoms with E-state index in [0.717, 1.165) is 18.8 Å². The van der Waals surface area contributed by atoms with Crippen LogP contribution in [0.25, 0.3) is 0 Å². The Hall–Kier alpha value is -1.06. The second-order valence-corrected chi connectivity index (χ2v) is 5.03. The monoisotopic (exact) mass is 256 g/mol. The maximum Gasteiger partial charge on any atom is 0.320 e. The molecule has 1 rings (SSSR count). The molecule has 104 valence electrons. The van der Waals surface area contributed by atoms with Crippen LogP contribution < -0.4 is 0 Å². The molecule has 1 saturated carbocycles. The Morgan fingerprint density at radius 1 is 1.06 bits per heavy atom. The van der Waals surface area contributed by atoms with Crippen molar-refractivity contribution >= 4 is 11.9 Å². The molecular weight excluding hydrogens is 232 g/mol. The van der Waals surface area contributed by atoms with Gasteiger partial charge in [0, 0.05) is 0 Å². The number of carbonyl (C=O) groups is 2. The molecule has 0 aromatic heterocycles. The average Bonchev–Trinajstić information content (AvgIpc) is 2.43. The maximum absolute atomic E-state index is 11.5. The van der Waals surface area contributed by atoms with Gasteiger partial charge in [0.1, 0.15) is 0 Å². The highest BCUT2D eigenvalue weighted by atomic mass is 16.5. The molecule has 4 heteroatoms. The minimum Gasteiger partial charge on any atom is -0.468 e. The molecule has 0 heterocycles. The number of rotatable bonds is 6. The van der Waals surface area contributed by atoms with Gasteiger partial charge < -0.3 is 9.47 Å². The van der Waals surface area contributed by atoms with Crippen LogP contribution in [0.3, 0.4) is 0 Å². The van der Waals surface area contributed by atoms with E-state index in [0.29, 0.717) is 6.42 Å². The lowest BCUT2D eigenvalue weighted by Gasteiger charge is -2.21. The van der Waals surface area contributed by atoms with Crippen LogP contribution in [0, 0.1) is 11.8 Å². The lowest BCUT2D eigenvalue weighted by Crippen LogP contribution is -2.26. The second-order valence-electron chi connectivity index (χ2n) is 5.03. The average molecular weight is 256 g/mol. The van der Waals surface area contributed by atoms with E-state index in [1.807, 2.05) is 0 Å². The fourth-order valence-electron chi connectivity index (χ4n) is 2.70. The van der Waals surface area contributed by atoms with E-state index in [1.54, 1.807) is 0 Å². The summed E-state index contributed by atoms with van der Waals surface area (Å²) in [5.41, 5.74) is 0. The highest BCUT2D eigenvalue weighted by Crippen LogP contribution is 2.28. The number of esters is 2. The summed E-state index contributed by atoms with van der Waals surface area (Å²) in [6, 6.07) is 0. The molecule has 0 amide bonds. The summed E-state index contributed by atoms with van der Waals surface area (Å²) in [7, 11) is 2.61. The van der Waals surface area contributed by atoms with Gasteiger partial charge in [0.05, 0.1) is 14.2 Å². The van der Waals surface area contributed by atoms with Crippen molar-refractivity contribution in [3.8, 4) is 0 Å². The van der Waals surface area contributed by atoms with Gasteiger partial charge in [-0.05, 0) is 12.3 Å². The quantitative estimate of drug-likeness (QED) is 0.541. The van der Waals surface area contributed by atoms with Gasteiger partial charge >= 0.3 is 11.9 Å². The zero-order valence-corrected chi connectivity index (χ0v) is 11.4. The van der Waals surface area contributed by atoms with Gasteiger partial charge in [0.25, 0.3) is 0 Å². The Kier molecular flexibility index (Phi) is 6.76. The predicted molar refractivity (Wildman–Crippen MR) is 67.9 cm³/mol. The van der Waals surface area contributed by atoms with Crippen molar-refractivity contribution in [1.29, 1.82) is 0 Å². The summed E-state index contributed by atoms with van der Waals surface area (Å²) in [6.45, 7) is 0. The van der Waals surface area contributed by atoms with E-state index in [-0.39, 0.29) is 0 Å². The number of hydrogen-bond donors (Lipinski definition) is 0. The van der Waals surface area contributed by atoms with Gasteiger partial charge in [0.15, 0.2) is 5.92 Å². The van der Waals surface area contributed by atoms with Gasteiger partial charge in [0.2, 0.25) is 0 Å². The Balaban J connectivity index is 2.32. The molecule has 0 saturated heterocycles. The SMILES string of the molecule is COC(=O)C(CCCC1CCCCC1)C(=O)OC. The van der Waals surface area contributed by atoms with Crippen molar-refractivity contribution in [2.45, 2.75) is 51.4 Å². The van der Waals surface area contributed by atoms with Crippen molar-refractivity contribution in [3.05, 3.63) is 0 Å². The van der Waals surface area contributed by atoms with Gasteiger partial charge in [-0.15, -0.1) is 0 Å². The Labute approximate surface area is 109 Å². The number of methoxy groups -OCH3 is 2. The molecule has 0 spiro atoms. The molecule has 0 bridgehead atoms. The van der Waals surface area contributed by atoms with Crippen LogP contribution in [0.4, 0.5) is 0 Å². The molecule has 0 atom stereocenters. The molecule has 0 aromatic carbocycles. The van der Waals surface area contributed by atoms with Crippen LogP contribution in [-0.2, 0) is 19.1 Å². The summed E-state index contributed by atoms with van der Waals surface area (Å²) in [4.78, 5) is 22.9. The van der Waals surface area contributed by atoms with E-state index in [2.05, 4.69) is 9.47 Å². The molecule has 4 nitrogen and oxygen atoms in total. The van der Waals surface area contributed by atoms with E-state index >= 15 is 0 Å². The van der Waals surface area contributed by atoms with Gasteiger partial charge in [-0.25, -0.2) is 0 Å². The molecule has 0 aliphatic heterocycles. The third-order valence-electron chi connectivity index (χ3n) is 3.80. The summed E-state index contributed by atoms with van der Waals surface area (Å²) < 4.78 is 9.28. The minimum atomic E-state index is -0.747. The fourth-order valence-corrected chi connectivity index (χ4v) is 2.70. The van der Waals surface area contributed by atoms with Gasteiger partial charge in [-0.1, -0.05) is 44.9 Å². The van der Waals surface area contributed by atoms with Crippen molar-refractivity contribution in [2.75, 3.05) is 14.2 Å². The lowest BCUT2D eigenvalue weighted by molar-refractivity contribution is -0.159. The molecular formula is C14H24O4. The lowest BCUT2D eigenvalue weighted by atomic mass is 9.85. The standard InChI is InChI=1S/C14H24O4/c1-17-13(15)12(14(16)18-2)10-6-9-11-7-4-3-5-8-11/h11-12H,3-10H2,1-2H3. The molecule has 1 fully saturated rings. The third kappa shape index (κ3) is 4.67. The van der Waals surface area contributed by atoms with E-state index in [9.17, 15) is 9.59 Å². The van der Waals surface area contributed by atoms with Crippen LogP contribution >= 0.6 is 0 Å². The molecule has 0 radical (unpaired) electrons. The zero-order chi connectivity index (χ0) is 13.4. The van der Waals surface area contributed by atoms with Crippen LogP contribution in [0.1, 0.15) is 51.4 Å². The van der Waals surface area contributed by atoms with Crippen molar-refractivity contribution < 1.29 is 19.1 Å². The largest absolute Gasteiger partial charge is 0.468 e. The van der Waals surface area contributed by atoms with E-state index in [1.165, 1.54) is 46.3 Å². The van der Waals surface area contributed by atoms with Crippen LogP contribution in [-0.4, -0.2) is 26.2 Å².